The van der Waals surface area contributed by atoms with Gasteiger partial charge in [-0.05, 0) is 33.6 Å². The van der Waals surface area contributed by atoms with Gasteiger partial charge in [0.2, 0.25) is 5.88 Å². The van der Waals surface area contributed by atoms with Crippen molar-refractivity contribution < 1.29 is 4.74 Å². The van der Waals surface area contributed by atoms with Gasteiger partial charge in [-0.15, -0.1) is 5.10 Å². The van der Waals surface area contributed by atoms with Crippen LogP contribution >= 0.6 is 0 Å². The van der Waals surface area contributed by atoms with Crippen LogP contribution in [0.5, 0.6) is 5.88 Å². The molecule has 0 bridgehead atoms. The SMILES string of the molecule is CCOc1ccn(C2CCN(C(C)C)CC2)n1. The van der Waals surface area contributed by atoms with Gasteiger partial charge < -0.3 is 9.64 Å². The van der Waals surface area contributed by atoms with Gasteiger partial charge in [0, 0.05) is 31.4 Å². The van der Waals surface area contributed by atoms with Crippen LogP contribution in [0.25, 0.3) is 0 Å². The lowest BCUT2D eigenvalue weighted by molar-refractivity contribution is 0.146. The predicted molar refractivity (Wildman–Crippen MR) is 68.4 cm³/mol. The lowest BCUT2D eigenvalue weighted by atomic mass is 10.0. The van der Waals surface area contributed by atoms with E-state index in [0.29, 0.717) is 18.7 Å². The lowest BCUT2D eigenvalue weighted by Crippen LogP contribution is -2.39. The molecule has 0 radical (unpaired) electrons. The lowest BCUT2D eigenvalue weighted by Gasteiger charge is -2.34. The van der Waals surface area contributed by atoms with Crippen molar-refractivity contribution >= 4 is 0 Å². The van der Waals surface area contributed by atoms with Crippen LogP contribution < -0.4 is 4.74 Å². The highest BCUT2D eigenvalue weighted by atomic mass is 16.5. The molecule has 0 N–H and O–H groups in total. The second kappa shape index (κ2) is 5.54. The molecule has 0 aliphatic carbocycles. The fourth-order valence-electron chi connectivity index (χ4n) is 2.42. The summed E-state index contributed by atoms with van der Waals surface area (Å²) < 4.78 is 7.47. The maximum absolute atomic E-state index is 5.39. The molecule has 96 valence electrons. The number of ether oxygens (including phenoxy) is 1. The molecule has 0 aromatic carbocycles. The summed E-state index contributed by atoms with van der Waals surface area (Å²) in [6.45, 7) is 9.55. The standard InChI is InChI=1S/C13H23N3O/c1-4-17-13-7-10-16(14-13)12-5-8-15(9-6-12)11(2)3/h7,10-12H,4-6,8-9H2,1-3H3. The molecule has 0 amide bonds. The molecule has 17 heavy (non-hydrogen) atoms. The minimum Gasteiger partial charge on any atom is -0.477 e. The van der Waals surface area contributed by atoms with Crippen molar-refractivity contribution in [3.8, 4) is 5.88 Å². The van der Waals surface area contributed by atoms with E-state index >= 15 is 0 Å². The van der Waals surface area contributed by atoms with E-state index in [9.17, 15) is 0 Å². The Kier molecular flexibility index (Phi) is 4.05. The Morgan fingerprint density at radius 2 is 2.12 bits per heavy atom. The molecule has 1 aliphatic heterocycles. The van der Waals surface area contributed by atoms with Crippen LogP contribution in [0.3, 0.4) is 0 Å². The smallest absolute Gasteiger partial charge is 0.232 e. The molecule has 0 atom stereocenters. The first-order valence-corrected chi connectivity index (χ1v) is 6.62. The number of hydrogen-bond acceptors (Lipinski definition) is 3. The van der Waals surface area contributed by atoms with Crippen molar-refractivity contribution in [3.05, 3.63) is 12.3 Å². The maximum atomic E-state index is 5.39. The zero-order chi connectivity index (χ0) is 12.3. The molecule has 2 rings (SSSR count). The zero-order valence-electron chi connectivity index (χ0n) is 11.1. The quantitative estimate of drug-likeness (QED) is 0.805. The number of nitrogens with zero attached hydrogens (tertiary/aromatic N) is 3. The molecule has 2 heterocycles. The first-order valence-electron chi connectivity index (χ1n) is 6.62. The van der Waals surface area contributed by atoms with Gasteiger partial charge in [0.05, 0.1) is 12.6 Å². The summed E-state index contributed by atoms with van der Waals surface area (Å²) in [7, 11) is 0. The van der Waals surface area contributed by atoms with Crippen LogP contribution in [0.1, 0.15) is 39.7 Å². The van der Waals surface area contributed by atoms with E-state index in [2.05, 4.69) is 28.5 Å². The highest BCUT2D eigenvalue weighted by Gasteiger charge is 2.22. The Bertz CT molecular complexity index is 340. The summed E-state index contributed by atoms with van der Waals surface area (Å²) >= 11 is 0. The number of likely N-dealkylation sites (tertiary alicyclic amines) is 1. The summed E-state index contributed by atoms with van der Waals surface area (Å²) in [5.41, 5.74) is 0. The monoisotopic (exact) mass is 237 g/mol. The Balaban J connectivity index is 1.91. The van der Waals surface area contributed by atoms with E-state index in [1.807, 2.05) is 19.2 Å². The van der Waals surface area contributed by atoms with Gasteiger partial charge in [-0.3, -0.25) is 4.68 Å². The maximum Gasteiger partial charge on any atom is 0.232 e. The van der Waals surface area contributed by atoms with Crippen LogP contribution in [-0.4, -0.2) is 40.4 Å². The van der Waals surface area contributed by atoms with Gasteiger partial charge >= 0.3 is 0 Å². The molecular weight excluding hydrogens is 214 g/mol. The summed E-state index contributed by atoms with van der Waals surface area (Å²) in [4.78, 5) is 2.53. The third kappa shape index (κ3) is 3.00. The van der Waals surface area contributed by atoms with E-state index in [0.717, 1.165) is 5.88 Å². The first kappa shape index (κ1) is 12.4. The van der Waals surface area contributed by atoms with E-state index in [1.54, 1.807) is 0 Å². The summed E-state index contributed by atoms with van der Waals surface area (Å²) in [6, 6.07) is 3.16. The summed E-state index contributed by atoms with van der Waals surface area (Å²) in [6.07, 6.45) is 4.41. The van der Waals surface area contributed by atoms with Crippen molar-refractivity contribution in [3.63, 3.8) is 0 Å². The third-order valence-corrected chi connectivity index (χ3v) is 3.48. The van der Waals surface area contributed by atoms with Gasteiger partial charge in [-0.1, -0.05) is 0 Å². The zero-order valence-corrected chi connectivity index (χ0v) is 11.1. The first-order chi connectivity index (χ1) is 8.20. The van der Waals surface area contributed by atoms with Gasteiger partial charge in [0.25, 0.3) is 0 Å². The molecule has 1 fully saturated rings. The molecule has 0 saturated carbocycles. The van der Waals surface area contributed by atoms with E-state index in [4.69, 9.17) is 4.74 Å². The second-order valence-electron chi connectivity index (χ2n) is 4.93. The van der Waals surface area contributed by atoms with E-state index < -0.39 is 0 Å². The average molecular weight is 237 g/mol. The van der Waals surface area contributed by atoms with Crippen molar-refractivity contribution in [2.75, 3.05) is 19.7 Å². The predicted octanol–water partition coefficient (Wildman–Crippen LogP) is 2.33. The van der Waals surface area contributed by atoms with Gasteiger partial charge in [0.1, 0.15) is 0 Å². The van der Waals surface area contributed by atoms with Crippen molar-refractivity contribution in [2.45, 2.75) is 45.7 Å². The number of rotatable bonds is 4. The van der Waals surface area contributed by atoms with Crippen LogP contribution in [-0.2, 0) is 0 Å². The average Bonchev–Trinajstić information content (AvgIpc) is 2.78. The van der Waals surface area contributed by atoms with Crippen molar-refractivity contribution in [2.24, 2.45) is 0 Å². The summed E-state index contributed by atoms with van der Waals surface area (Å²) in [5, 5.41) is 4.47. The largest absolute Gasteiger partial charge is 0.477 e. The number of hydrogen-bond donors (Lipinski definition) is 0. The fourth-order valence-corrected chi connectivity index (χ4v) is 2.42. The van der Waals surface area contributed by atoms with Crippen molar-refractivity contribution in [1.29, 1.82) is 0 Å². The normalized spacial score (nSPS) is 18.8. The number of piperidine rings is 1. The molecule has 1 saturated heterocycles. The van der Waals surface area contributed by atoms with Crippen LogP contribution in [0.15, 0.2) is 12.3 Å². The molecule has 4 heteroatoms. The van der Waals surface area contributed by atoms with E-state index in [-0.39, 0.29) is 0 Å². The van der Waals surface area contributed by atoms with Gasteiger partial charge in [-0.2, -0.15) is 0 Å². The number of aromatic nitrogens is 2. The van der Waals surface area contributed by atoms with Gasteiger partial charge in [-0.25, -0.2) is 0 Å². The molecule has 1 aromatic rings. The highest BCUT2D eigenvalue weighted by Crippen LogP contribution is 2.24. The molecule has 0 unspecified atom stereocenters. The second-order valence-corrected chi connectivity index (χ2v) is 4.93. The van der Waals surface area contributed by atoms with Crippen LogP contribution in [0, 0.1) is 0 Å². The van der Waals surface area contributed by atoms with E-state index in [1.165, 1.54) is 25.9 Å². The Labute approximate surface area is 104 Å². The molecular formula is C13H23N3O. The van der Waals surface area contributed by atoms with Crippen molar-refractivity contribution in [1.82, 2.24) is 14.7 Å². The fraction of sp³-hybridized carbons (Fsp3) is 0.769. The van der Waals surface area contributed by atoms with Crippen LogP contribution in [0.2, 0.25) is 0 Å². The third-order valence-electron chi connectivity index (χ3n) is 3.48. The molecule has 1 aliphatic rings. The molecule has 0 spiro atoms. The Hall–Kier alpha value is -1.03. The molecule has 4 nitrogen and oxygen atoms in total. The topological polar surface area (TPSA) is 30.3 Å². The molecule has 1 aromatic heterocycles. The summed E-state index contributed by atoms with van der Waals surface area (Å²) in [5.74, 6) is 0.749. The minimum atomic E-state index is 0.541. The Morgan fingerprint density at radius 1 is 1.41 bits per heavy atom. The van der Waals surface area contributed by atoms with Gasteiger partial charge in [0.15, 0.2) is 0 Å². The Morgan fingerprint density at radius 3 is 2.71 bits per heavy atom. The van der Waals surface area contributed by atoms with Crippen LogP contribution in [0.4, 0.5) is 0 Å². The highest BCUT2D eigenvalue weighted by molar-refractivity contribution is 5.06. The minimum absolute atomic E-state index is 0.541.